The molecular weight excluding hydrogens is 306 g/mol. The minimum Gasteiger partial charge on any atom is -0.478 e. The molecule has 0 aliphatic rings. The number of benzene rings is 1. The van der Waals surface area contributed by atoms with Crippen LogP contribution in [0.4, 0.5) is 5.69 Å². The molecule has 3 nitrogen and oxygen atoms in total. The van der Waals surface area contributed by atoms with Crippen molar-refractivity contribution in [2.45, 2.75) is 27.7 Å². The number of carboxylic acids is 1. The highest BCUT2D eigenvalue weighted by molar-refractivity contribution is 9.10. The average Bonchev–Trinajstić information content (AvgIpc) is 2.26. The van der Waals surface area contributed by atoms with Gasteiger partial charge in [0.05, 0.1) is 5.56 Å². The summed E-state index contributed by atoms with van der Waals surface area (Å²) in [6.07, 6.45) is 0. The molecule has 0 saturated carbocycles. The fraction of sp³-hybridized carbons (Fsp3) is 0.533. The van der Waals surface area contributed by atoms with E-state index in [0.717, 1.165) is 18.8 Å². The molecule has 0 spiro atoms. The number of hydrogen-bond donors (Lipinski definition) is 1. The number of aromatic carboxylic acids is 1. The predicted molar refractivity (Wildman–Crippen MR) is 83.0 cm³/mol. The van der Waals surface area contributed by atoms with E-state index in [-0.39, 0.29) is 0 Å². The Morgan fingerprint density at radius 2 is 1.74 bits per heavy atom. The van der Waals surface area contributed by atoms with Crippen LogP contribution >= 0.6 is 15.9 Å². The van der Waals surface area contributed by atoms with Crippen LogP contribution in [0.25, 0.3) is 0 Å². The van der Waals surface area contributed by atoms with Gasteiger partial charge in [-0.15, -0.1) is 0 Å². The van der Waals surface area contributed by atoms with E-state index >= 15 is 0 Å². The Balaban J connectivity index is 3.02. The number of nitrogens with zero attached hydrogens (tertiary/aromatic N) is 1. The van der Waals surface area contributed by atoms with Gasteiger partial charge in [0.2, 0.25) is 0 Å². The van der Waals surface area contributed by atoms with E-state index in [0.29, 0.717) is 21.9 Å². The van der Waals surface area contributed by atoms with Crippen molar-refractivity contribution in [2.75, 3.05) is 18.0 Å². The van der Waals surface area contributed by atoms with Crippen molar-refractivity contribution in [3.8, 4) is 0 Å². The molecule has 0 bridgehead atoms. The van der Waals surface area contributed by atoms with Crippen LogP contribution in [-0.4, -0.2) is 24.2 Å². The van der Waals surface area contributed by atoms with Gasteiger partial charge in [0.15, 0.2) is 0 Å². The Morgan fingerprint density at radius 1 is 1.21 bits per heavy atom. The number of carbonyl (C=O) groups is 1. The molecule has 0 fully saturated rings. The Kier molecular flexibility index (Phi) is 5.85. The lowest BCUT2D eigenvalue weighted by molar-refractivity contribution is 0.0696. The van der Waals surface area contributed by atoms with Crippen LogP contribution in [0, 0.1) is 11.8 Å². The van der Waals surface area contributed by atoms with Crippen LogP contribution in [0.2, 0.25) is 0 Å². The summed E-state index contributed by atoms with van der Waals surface area (Å²) < 4.78 is 0.634. The molecule has 0 saturated heterocycles. The summed E-state index contributed by atoms with van der Waals surface area (Å²) in [5.41, 5.74) is 1.37. The van der Waals surface area contributed by atoms with E-state index in [4.69, 9.17) is 5.11 Å². The van der Waals surface area contributed by atoms with Gasteiger partial charge in [0.1, 0.15) is 0 Å². The van der Waals surface area contributed by atoms with Crippen molar-refractivity contribution in [1.82, 2.24) is 0 Å². The molecule has 0 heterocycles. The Morgan fingerprint density at radius 3 is 2.11 bits per heavy atom. The first-order valence-corrected chi connectivity index (χ1v) is 7.38. The van der Waals surface area contributed by atoms with Crippen LogP contribution < -0.4 is 4.90 Å². The van der Waals surface area contributed by atoms with Gasteiger partial charge < -0.3 is 10.0 Å². The van der Waals surface area contributed by atoms with Crippen LogP contribution in [0.1, 0.15) is 38.1 Å². The summed E-state index contributed by atoms with van der Waals surface area (Å²) in [6, 6.07) is 5.45. The zero-order chi connectivity index (χ0) is 14.6. The maximum Gasteiger partial charge on any atom is 0.336 e. The molecule has 1 aromatic carbocycles. The van der Waals surface area contributed by atoms with E-state index in [9.17, 15) is 4.79 Å². The molecule has 0 unspecified atom stereocenters. The highest BCUT2D eigenvalue weighted by atomic mass is 79.9. The molecule has 0 atom stereocenters. The quantitative estimate of drug-likeness (QED) is 0.848. The fourth-order valence-electron chi connectivity index (χ4n) is 2.04. The third-order valence-electron chi connectivity index (χ3n) is 2.72. The van der Waals surface area contributed by atoms with Gasteiger partial charge in [-0.1, -0.05) is 27.7 Å². The lowest BCUT2D eigenvalue weighted by atomic mass is 10.1. The lowest BCUT2D eigenvalue weighted by Gasteiger charge is -2.28. The maximum atomic E-state index is 11.0. The van der Waals surface area contributed by atoms with E-state index in [1.807, 2.05) is 12.1 Å². The first kappa shape index (κ1) is 16.0. The Bertz CT molecular complexity index is 434. The van der Waals surface area contributed by atoms with Gasteiger partial charge in [0, 0.05) is 23.2 Å². The van der Waals surface area contributed by atoms with E-state index in [1.54, 1.807) is 6.07 Å². The minimum absolute atomic E-state index is 0.304. The van der Waals surface area contributed by atoms with Crippen molar-refractivity contribution < 1.29 is 9.90 Å². The number of carboxylic acid groups (broad SMARTS) is 1. The molecule has 0 radical (unpaired) electrons. The minimum atomic E-state index is -0.905. The van der Waals surface area contributed by atoms with Gasteiger partial charge >= 0.3 is 5.97 Å². The van der Waals surface area contributed by atoms with Crippen molar-refractivity contribution in [2.24, 2.45) is 11.8 Å². The molecule has 1 rings (SSSR count). The molecule has 0 aromatic heterocycles. The standard InChI is InChI=1S/C15H22BrNO2/c1-10(2)8-17(9-11(3)4)12-5-6-13(15(18)19)14(16)7-12/h5-7,10-11H,8-9H2,1-4H3,(H,18,19). The second-order valence-corrected chi connectivity index (χ2v) is 6.52. The van der Waals surface area contributed by atoms with Crippen molar-refractivity contribution in [3.05, 3.63) is 28.2 Å². The normalized spacial score (nSPS) is 11.1. The van der Waals surface area contributed by atoms with E-state index in [1.165, 1.54) is 0 Å². The summed E-state index contributed by atoms with van der Waals surface area (Å²) in [5, 5.41) is 9.04. The third kappa shape index (κ3) is 4.86. The molecule has 0 aliphatic carbocycles. The smallest absolute Gasteiger partial charge is 0.336 e. The summed E-state index contributed by atoms with van der Waals surface area (Å²) in [6.45, 7) is 10.7. The van der Waals surface area contributed by atoms with Crippen LogP contribution in [0.3, 0.4) is 0 Å². The highest BCUT2D eigenvalue weighted by Gasteiger charge is 2.14. The fourth-order valence-corrected chi connectivity index (χ4v) is 2.58. The van der Waals surface area contributed by atoms with Gasteiger partial charge in [-0.05, 0) is 46.0 Å². The number of rotatable bonds is 6. The molecule has 0 amide bonds. The summed E-state index contributed by atoms with van der Waals surface area (Å²) in [7, 11) is 0. The largest absolute Gasteiger partial charge is 0.478 e. The van der Waals surface area contributed by atoms with Gasteiger partial charge in [-0.3, -0.25) is 0 Å². The number of anilines is 1. The zero-order valence-electron chi connectivity index (χ0n) is 12.0. The van der Waals surface area contributed by atoms with Crippen LogP contribution in [-0.2, 0) is 0 Å². The van der Waals surface area contributed by atoms with Crippen LogP contribution in [0.15, 0.2) is 22.7 Å². The molecule has 19 heavy (non-hydrogen) atoms. The topological polar surface area (TPSA) is 40.5 Å². The maximum absolute atomic E-state index is 11.0. The van der Waals surface area contributed by atoms with Crippen molar-refractivity contribution in [1.29, 1.82) is 0 Å². The van der Waals surface area contributed by atoms with E-state index in [2.05, 4.69) is 48.5 Å². The van der Waals surface area contributed by atoms with Gasteiger partial charge in [-0.2, -0.15) is 0 Å². The monoisotopic (exact) mass is 327 g/mol. The molecule has 4 heteroatoms. The molecule has 1 N–H and O–H groups in total. The summed E-state index contributed by atoms with van der Waals surface area (Å²) >= 11 is 3.34. The molecule has 106 valence electrons. The SMILES string of the molecule is CC(C)CN(CC(C)C)c1ccc(C(=O)O)c(Br)c1. The Hall–Kier alpha value is -1.03. The van der Waals surface area contributed by atoms with Crippen molar-refractivity contribution in [3.63, 3.8) is 0 Å². The predicted octanol–water partition coefficient (Wildman–Crippen LogP) is 4.27. The molecular formula is C15H22BrNO2. The van der Waals surface area contributed by atoms with E-state index < -0.39 is 5.97 Å². The molecule has 1 aromatic rings. The third-order valence-corrected chi connectivity index (χ3v) is 3.38. The summed E-state index contributed by atoms with van der Waals surface area (Å²) in [5.74, 6) is 0.228. The second-order valence-electron chi connectivity index (χ2n) is 5.66. The van der Waals surface area contributed by atoms with Gasteiger partial charge in [0.25, 0.3) is 0 Å². The van der Waals surface area contributed by atoms with Gasteiger partial charge in [-0.25, -0.2) is 4.79 Å². The zero-order valence-corrected chi connectivity index (χ0v) is 13.6. The first-order chi connectivity index (χ1) is 8.81. The lowest BCUT2D eigenvalue weighted by Crippen LogP contribution is -2.31. The average molecular weight is 328 g/mol. The van der Waals surface area contributed by atoms with Crippen molar-refractivity contribution >= 4 is 27.6 Å². The highest BCUT2D eigenvalue weighted by Crippen LogP contribution is 2.25. The number of hydrogen-bond acceptors (Lipinski definition) is 2. The van der Waals surface area contributed by atoms with Crippen LogP contribution in [0.5, 0.6) is 0 Å². The summed E-state index contributed by atoms with van der Waals surface area (Å²) in [4.78, 5) is 13.3. The second kappa shape index (κ2) is 6.94. The molecule has 0 aliphatic heterocycles. The first-order valence-electron chi connectivity index (χ1n) is 6.59. The Labute approximate surface area is 123 Å². The number of halogens is 1.